The number of amides is 1. The fourth-order valence-corrected chi connectivity index (χ4v) is 1.56. The van der Waals surface area contributed by atoms with E-state index in [1.165, 1.54) is 29.6 Å². The Morgan fingerprint density at radius 2 is 1.54 bits per heavy atom. The quantitative estimate of drug-likeness (QED) is 0.851. The summed E-state index contributed by atoms with van der Waals surface area (Å²) in [6, 6.07) is 7.33. The Morgan fingerprint density at radius 1 is 0.958 bits per heavy atom. The topological polar surface area (TPSA) is 68.0 Å². The molecule has 5 nitrogen and oxygen atoms in total. The molecule has 0 aliphatic rings. The first-order chi connectivity index (χ1) is 11.0. The number of alkyl halides is 7. The molecule has 0 aliphatic carbocycles. The maximum atomic E-state index is 13.3. The number of benzene rings is 1. The van der Waals surface area contributed by atoms with E-state index in [1.54, 1.807) is 6.07 Å². The largest absolute Gasteiger partial charge is 0.460 e. The third kappa shape index (κ3) is 2.90. The van der Waals surface area contributed by atoms with Crippen LogP contribution in [0.4, 0.5) is 36.6 Å². The van der Waals surface area contributed by atoms with Gasteiger partial charge in [0.15, 0.2) is 5.69 Å². The first-order valence-electron chi connectivity index (χ1n) is 6.00. The summed E-state index contributed by atoms with van der Waals surface area (Å²) in [5.41, 5.74) is -0.130. The molecule has 0 saturated heterocycles. The molecule has 130 valence electrons. The second kappa shape index (κ2) is 5.76. The van der Waals surface area contributed by atoms with Gasteiger partial charge in [-0.15, -0.1) is 0 Å². The van der Waals surface area contributed by atoms with Gasteiger partial charge in [0, 0.05) is 5.56 Å². The van der Waals surface area contributed by atoms with Gasteiger partial charge in [0.2, 0.25) is 5.82 Å². The summed E-state index contributed by atoms with van der Waals surface area (Å²) in [5.74, 6) is -16.4. The van der Waals surface area contributed by atoms with Crippen LogP contribution in [0, 0.1) is 0 Å². The number of anilines is 1. The minimum absolute atomic E-state index is 0.194. The lowest BCUT2D eigenvalue weighted by Crippen LogP contribution is -2.57. The Bertz CT molecular complexity index is 728. The summed E-state index contributed by atoms with van der Waals surface area (Å²) in [6.45, 7) is 0. The van der Waals surface area contributed by atoms with E-state index in [1.807, 2.05) is 0 Å². The molecular formula is C12H6F7N3O2. The van der Waals surface area contributed by atoms with Gasteiger partial charge in [0.1, 0.15) is 0 Å². The number of nitrogens with one attached hydrogen (secondary N) is 1. The minimum Gasteiger partial charge on any atom is -0.300 e. The van der Waals surface area contributed by atoms with Gasteiger partial charge in [-0.3, -0.25) is 4.79 Å². The summed E-state index contributed by atoms with van der Waals surface area (Å²) in [4.78, 5) is 11.3. The SMILES string of the molecule is O=C(Nc1nonc1-c1ccccc1)C(F)(F)C(F)(F)C(F)(F)F. The molecule has 1 amide bonds. The van der Waals surface area contributed by atoms with Crippen LogP contribution in [0.1, 0.15) is 0 Å². The number of carbonyl (C=O) groups excluding carboxylic acids is 1. The van der Waals surface area contributed by atoms with Gasteiger partial charge in [0.25, 0.3) is 0 Å². The zero-order valence-corrected chi connectivity index (χ0v) is 11.2. The molecule has 2 rings (SSSR count). The molecule has 0 radical (unpaired) electrons. The van der Waals surface area contributed by atoms with E-state index >= 15 is 0 Å². The lowest BCUT2D eigenvalue weighted by molar-refractivity contribution is -0.343. The number of nitrogens with zero attached hydrogens (tertiary/aromatic N) is 2. The summed E-state index contributed by atoms with van der Waals surface area (Å²) in [7, 11) is 0. The van der Waals surface area contributed by atoms with Crippen molar-refractivity contribution >= 4 is 11.7 Å². The van der Waals surface area contributed by atoms with Gasteiger partial charge in [-0.1, -0.05) is 30.3 Å². The van der Waals surface area contributed by atoms with E-state index in [0.29, 0.717) is 0 Å². The molecule has 0 saturated carbocycles. The highest BCUT2D eigenvalue weighted by Crippen LogP contribution is 2.47. The Kier molecular flexibility index (Phi) is 4.25. The van der Waals surface area contributed by atoms with Crippen molar-refractivity contribution in [2.24, 2.45) is 0 Å². The second-order valence-electron chi connectivity index (χ2n) is 4.43. The smallest absolute Gasteiger partial charge is 0.300 e. The highest BCUT2D eigenvalue weighted by molar-refractivity contribution is 5.98. The number of rotatable bonds is 4. The Balaban J connectivity index is 2.30. The standard InChI is InChI=1S/C12H6F7N3O2/c13-10(14,11(15,16)12(17,18)19)9(23)20-8-7(21-24-22-8)6-4-2-1-3-5-6/h1-5H,(H,20,22,23). The van der Waals surface area contributed by atoms with Gasteiger partial charge in [0.05, 0.1) is 0 Å². The van der Waals surface area contributed by atoms with E-state index < -0.39 is 29.7 Å². The van der Waals surface area contributed by atoms with Crippen LogP contribution in [0.2, 0.25) is 0 Å². The molecule has 0 fully saturated rings. The predicted molar refractivity (Wildman–Crippen MR) is 64.3 cm³/mol. The van der Waals surface area contributed by atoms with Crippen molar-refractivity contribution < 1.29 is 40.2 Å². The van der Waals surface area contributed by atoms with Crippen molar-refractivity contribution in [2.45, 2.75) is 18.0 Å². The lowest BCUT2D eigenvalue weighted by atomic mass is 10.1. The summed E-state index contributed by atoms with van der Waals surface area (Å²) >= 11 is 0. The number of halogens is 7. The first-order valence-corrected chi connectivity index (χ1v) is 6.00. The molecule has 0 atom stereocenters. The zero-order valence-electron chi connectivity index (χ0n) is 11.2. The molecular weight excluding hydrogens is 351 g/mol. The van der Waals surface area contributed by atoms with Crippen LogP contribution >= 0.6 is 0 Å². The molecule has 1 heterocycles. The number of hydrogen-bond donors (Lipinski definition) is 1. The highest BCUT2D eigenvalue weighted by atomic mass is 19.4. The third-order valence-corrected chi connectivity index (χ3v) is 2.80. The average molecular weight is 357 g/mol. The van der Waals surface area contributed by atoms with E-state index in [9.17, 15) is 35.5 Å². The molecule has 1 aromatic carbocycles. The van der Waals surface area contributed by atoms with Gasteiger partial charge in [-0.2, -0.15) is 30.7 Å². The molecule has 0 spiro atoms. The van der Waals surface area contributed by atoms with Crippen molar-refractivity contribution in [3.05, 3.63) is 30.3 Å². The molecule has 24 heavy (non-hydrogen) atoms. The van der Waals surface area contributed by atoms with E-state index in [4.69, 9.17) is 0 Å². The van der Waals surface area contributed by atoms with Gasteiger partial charge in [-0.05, 0) is 10.3 Å². The summed E-state index contributed by atoms with van der Waals surface area (Å²) < 4.78 is 92.5. The first kappa shape index (κ1) is 17.7. The molecule has 12 heteroatoms. The Morgan fingerprint density at radius 3 is 2.08 bits per heavy atom. The maximum Gasteiger partial charge on any atom is 0.460 e. The second-order valence-corrected chi connectivity index (χ2v) is 4.43. The number of carbonyl (C=O) groups is 1. The molecule has 0 unspecified atom stereocenters. The number of hydrogen-bond acceptors (Lipinski definition) is 4. The Labute approximate surface area is 128 Å². The van der Waals surface area contributed by atoms with Crippen LogP contribution in [-0.2, 0) is 4.79 Å². The van der Waals surface area contributed by atoms with Crippen molar-refractivity contribution in [2.75, 3.05) is 5.32 Å². The molecule has 1 N–H and O–H groups in total. The van der Waals surface area contributed by atoms with Crippen molar-refractivity contribution in [3.63, 3.8) is 0 Å². The normalized spacial score (nSPS) is 13.0. The minimum atomic E-state index is -6.63. The van der Waals surface area contributed by atoms with Crippen LogP contribution in [0.25, 0.3) is 11.3 Å². The maximum absolute atomic E-state index is 13.3. The van der Waals surface area contributed by atoms with Gasteiger partial charge < -0.3 is 5.32 Å². The molecule has 2 aromatic rings. The van der Waals surface area contributed by atoms with Gasteiger partial charge in [-0.25, -0.2) is 4.63 Å². The van der Waals surface area contributed by atoms with Crippen LogP contribution in [0.5, 0.6) is 0 Å². The van der Waals surface area contributed by atoms with Crippen LogP contribution < -0.4 is 5.32 Å². The fourth-order valence-electron chi connectivity index (χ4n) is 1.56. The molecule has 0 bridgehead atoms. The van der Waals surface area contributed by atoms with Crippen LogP contribution in [0.3, 0.4) is 0 Å². The third-order valence-electron chi connectivity index (χ3n) is 2.80. The van der Waals surface area contributed by atoms with Crippen molar-refractivity contribution in [1.82, 2.24) is 10.3 Å². The molecule has 1 aromatic heterocycles. The van der Waals surface area contributed by atoms with E-state index in [0.717, 1.165) is 0 Å². The highest BCUT2D eigenvalue weighted by Gasteiger charge is 2.76. The van der Waals surface area contributed by atoms with E-state index in [-0.39, 0.29) is 11.3 Å². The zero-order chi connectivity index (χ0) is 18.2. The fraction of sp³-hybridized carbons (Fsp3) is 0.250. The summed E-state index contributed by atoms with van der Waals surface area (Å²) in [6.07, 6.45) is -6.63. The lowest BCUT2D eigenvalue weighted by Gasteiger charge is -2.26. The predicted octanol–water partition coefficient (Wildman–Crippen LogP) is 3.51. The van der Waals surface area contributed by atoms with Gasteiger partial charge >= 0.3 is 23.9 Å². The van der Waals surface area contributed by atoms with Crippen LogP contribution in [0.15, 0.2) is 35.0 Å². The Hall–Kier alpha value is -2.66. The molecule has 0 aliphatic heterocycles. The summed E-state index contributed by atoms with van der Waals surface area (Å²) in [5, 5.41) is 7.46. The monoisotopic (exact) mass is 357 g/mol. The van der Waals surface area contributed by atoms with Crippen LogP contribution in [-0.4, -0.2) is 34.2 Å². The van der Waals surface area contributed by atoms with E-state index in [2.05, 4.69) is 14.9 Å². The van der Waals surface area contributed by atoms with Crippen molar-refractivity contribution in [3.8, 4) is 11.3 Å². The number of aromatic nitrogens is 2. The van der Waals surface area contributed by atoms with Crippen molar-refractivity contribution in [1.29, 1.82) is 0 Å². The average Bonchev–Trinajstić information content (AvgIpc) is 2.94.